The van der Waals surface area contributed by atoms with Crippen molar-refractivity contribution in [3.63, 3.8) is 0 Å². The van der Waals surface area contributed by atoms with Crippen LogP contribution in [0.25, 0.3) is 0 Å². The van der Waals surface area contributed by atoms with E-state index in [4.69, 9.17) is 4.74 Å². The van der Waals surface area contributed by atoms with E-state index in [1.165, 1.54) is 11.1 Å². The van der Waals surface area contributed by atoms with Gasteiger partial charge in [0.2, 0.25) is 0 Å². The molecule has 5 heteroatoms. The number of amides is 2. The molecule has 24 heavy (non-hydrogen) atoms. The zero-order valence-electron chi connectivity index (χ0n) is 14.1. The van der Waals surface area contributed by atoms with Gasteiger partial charge in [-0.2, -0.15) is 0 Å². The lowest BCUT2D eigenvalue weighted by Gasteiger charge is -2.14. The van der Waals surface area contributed by atoms with Crippen molar-refractivity contribution >= 4 is 6.03 Å². The molecule has 5 nitrogen and oxygen atoms in total. The Balaban J connectivity index is 1.50. The predicted molar refractivity (Wildman–Crippen MR) is 93.9 cm³/mol. The van der Waals surface area contributed by atoms with Crippen molar-refractivity contribution in [3.05, 3.63) is 59.4 Å². The Morgan fingerprint density at radius 2 is 2.12 bits per heavy atom. The molecule has 0 bridgehead atoms. The lowest BCUT2D eigenvalue weighted by molar-refractivity contribution is 0.111. The normalized spacial score (nSPS) is 17.0. The van der Waals surface area contributed by atoms with Gasteiger partial charge in [-0.25, -0.2) is 4.79 Å². The van der Waals surface area contributed by atoms with Crippen LogP contribution in [-0.4, -0.2) is 29.9 Å². The standard InChI is InChI=1S/C19H25N3O2/c1-15-6-2-3-7-16(15)14-22-10-4-8-17(22)12-20-19(23)21-13-18-9-5-11-24-18/h2-4,6-8,10,18H,5,9,11-14H2,1H3,(H2,20,21,23)/t18-/m0/s1. The van der Waals surface area contributed by atoms with Gasteiger partial charge in [0, 0.05) is 31.6 Å². The molecule has 2 heterocycles. The van der Waals surface area contributed by atoms with Crippen LogP contribution in [-0.2, 0) is 17.8 Å². The molecule has 1 aliphatic heterocycles. The fourth-order valence-corrected chi connectivity index (χ4v) is 2.98. The highest BCUT2D eigenvalue weighted by molar-refractivity contribution is 5.73. The van der Waals surface area contributed by atoms with Crippen LogP contribution in [0.1, 0.15) is 29.7 Å². The Labute approximate surface area is 143 Å². The van der Waals surface area contributed by atoms with Crippen molar-refractivity contribution in [3.8, 4) is 0 Å². The molecule has 1 aromatic carbocycles. The van der Waals surface area contributed by atoms with Gasteiger partial charge in [-0.15, -0.1) is 0 Å². The maximum absolute atomic E-state index is 11.9. The molecule has 1 fully saturated rings. The summed E-state index contributed by atoms with van der Waals surface area (Å²) in [4.78, 5) is 11.9. The van der Waals surface area contributed by atoms with Crippen LogP contribution in [0.4, 0.5) is 4.79 Å². The lowest BCUT2D eigenvalue weighted by Crippen LogP contribution is -2.39. The van der Waals surface area contributed by atoms with Crippen LogP contribution in [0, 0.1) is 6.92 Å². The zero-order valence-corrected chi connectivity index (χ0v) is 14.1. The van der Waals surface area contributed by atoms with E-state index < -0.39 is 0 Å². The monoisotopic (exact) mass is 327 g/mol. The van der Waals surface area contributed by atoms with Crippen LogP contribution in [0.3, 0.4) is 0 Å². The number of aromatic nitrogens is 1. The van der Waals surface area contributed by atoms with Gasteiger partial charge in [-0.05, 0) is 43.0 Å². The lowest BCUT2D eigenvalue weighted by atomic mass is 10.1. The second-order valence-electron chi connectivity index (χ2n) is 6.25. The van der Waals surface area contributed by atoms with Crippen LogP contribution >= 0.6 is 0 Å². The molecular weight excluding hydrogens is 302 g/mol. The van der Waals surface area contributed by atoms with Crippen molar-refractivity contribution in [2.45, 2.75) is 39.0 Å². The summed E-state index contributed by atoms with van der Waals surface area (Å²) >= 11 is 0. The first-order valence-electron chi connectivity index (χ1n) is 8.54. The van der Waals surface area contributed by atoms with Gasteiger partial charge >= 0.3 is 6.03 Å². The third-order valence-corrected chi connectivity index (χ3v) is 4.47. The molecule has 1 aliphatic rings. The fourth-order valence-electron chi connectivity index (χ4n) is 2.98. The molecule has 1 atom stereocenters. The molecular formula is C19H25N3O2. The maximum Gasteiger partial charge on any atom is 0.315 e. The average Bonchev–Trinajstić information content (AvgIpc) is 3.25. The number of hydrogen-bond donors (Lipinski definition) is 2. The number of nitrogens with one attached hydrogen (secondary N) is 2. The third-order valence-electron chi connectivity index (χ3n) is 4.47. The van der Waals surface area contributed by atoms with E-state index in [2.05, 4.69) is 46.4 Å². The summed E-state index contributed by atoms with van der Waals surface area (Å²) in [6.45, 7) is 4.83. The van der Waals surface area contributed by atoms with E-state index >= 15 is 0 Å². The number of carbonyl (C=O) groups excluding carboxylic acids is 1. The van der Waals surface area contributed by atoms with Gasteiger partial charge in [0.05, 0.1) is 12.6 Å². The summed E-state index contributed by atoms with van der Waals surface area (Å²) in [7, 11) is 0. The highest BCUT2D eigenvalue weighted by atomic mass is 16.5. The van der Waals surface area contributed by atoms with Crippen molar-refractivity contribution in [1.82, 2.24) is 15.2 Å². The van der Waals surface area contributed by atoms with E-state index in [1.54, 1.807) is 0 Å². The summed E-state index contributed by atoms with van der Waals surface area (Å²) in [5.74, 6) is 0. The number of benzene rings is 1. The molecule has 1 saturated heterocycles. The van der Waals surface area contributed by atoms with Gasteiger partial charge < -0.3 is 19.9 Å². The van der Waals surface area contributed by atoms with Crippen LogP contribution in [0.5, 0.6) is 0 Å². The third kappa shape index (κ3) is 4.38. The number of nitrogens with zero attached hydrogens (tertiary/aromatic N) is 1. The quantitative estimate of drug-likeness (QED) is 0.857. The molecule has 128 valence electrons. The number of ether oxygens (including phenoxy) is 1. The van der Waals surface area contributed by atoms with Crippen LogP contribution in [0.15, 0.2) is 42.6 Å². The van der Waals surface area contributed by atoms with Gasteiger partial charge in [0.1, 0.15) is 0 Å². The molecule has 2 N–H and O–H groups in total. The number of hydrogen-bond acceptors (Lipinski definition) is 2. The predicted octanol–water partition coefficient (Wildman–Crippen LogP) is 2.82. The van der Waals surface area contributed by atoms with E-state index in [9.17, 15) is 4.79 Å². The molecule has 0 aliphatic carbocycles. The summed E-state index contributed by atoms with van der Waals surface area (Å²) in [6, 6.07) is 12.3. The van der Waals surface area contributed by atoms with Crippen LogP contribution in [0.2, 0.25) is 0 Å². The minimum absolute atomic E-state index is 0.144. The highest BCUT2D eigenvalue weighted by Crippen LogP contribution is 2.12. The summed E-state index contributed by atoms with van der Waals surface area (Å²) < 4.78 is 7.67. The van der Waals surface area contributed by atoms with E-state index in [0.717, 1.165) is 31.7 Å². The Morgan fingerprint density at radius 3 is 2.92 bits per heavy atom. The largest absolute Gasteiger partial charge is 0.376 e. The molecule has 1 aromatic heterocycles. The number of carbonyl (C=O) groups is 1. The van der Waals surface area contributed by atoms with E-state index in [0.29, 0.717) is 13.1 Å². The SMILES string of the molecule is Cc1ccccc1Cn1cccc1CNC(=O)NC[C@@H]1CCCO1. The van der Waals surface area contributed by atoms with E-state index in [1.807, 2.05) is 18.3 Å². The van der Waals surface area contributed by atoms with Crippen molar-refractivity contribution in [1.29, 1.82) is 0 Å². The van der Waals surface area contributed by atoms with Gasteiger partial charge in [0.25, 0.3) is 0 Å². The van der Waals surface area contributed by atoms with Gasteiger partial charge in [-0.1, -0.05) is 24.3 Å². The van der Waals surface area contributed by atoms with Gasteiger partial charge in [-0.3, -0.25) is 0 Å². The average molecular weight is 327 g/mol. The number of rotatable bonds is 6. The van der Waals surface area contributed by atoms with Crippen molar-refractivity contribution in [2.75, 3.05) is 13.2 Å². The van der Waals surface area contributed by atoms with Crippen LogP contribution < -0.4 is 10.6 Å². The summed E-state index contributed by atoms with van der Waals surface area (Å²) in [5, 5.41) is 5.80. The minimum Gasteiger partial charge on any atom is -0.376 e. The Bertz CT molecular complexity index is 675. The Hall–Kier alpha value is -2.27. The smallest absolute Gasteiger partial charge is 0.315 e. The first-order chi connectivity index (χ1) is 11.7. The van der Waals surface area contributed by atoms with Crippen molar-refractivity contribution in [2.24, 2.45) is 0 Å². The van der Waals surface area contributed by atoms with Gasteiger partial charge in [0.15, 0.2) is 0 Å². The molecule has 0 unspecified atom stereocenters. The molecule has 3 rings (SSSR count). The molecule has 2 amide bonds. The van der Waals surface area contributed by atoms with E-state index in [-0.39, 0.29) is 12.1 Å². The molecule has 2 aromatic rings. The highest BCUT2D eigenvalue weighted by Gasteiger charge is 2.16. The second kappa shape index (κ2) is 8.02. The molecule has 0 radical (unpaired) electrons. The fraction of sp³-hybridized carbons (Fsp3) is 0.421. The maximum atomic E-state index is 11.9. The zero-order chi connectivity index (χ0) is 16.8. The first-order valence-corrected chi connectivity index (χ1v) is 8.54. The number of aryl methyl sites for hydroxylation is 1. The summed E-state index contributed by atoms with van der Waals surface area (Å²) in [5.41, 5.74) is 3.66. The first kappa shape index (κ1) is 16.6. The van der Waals surface area contributed by atoms with Crippen molar-refractivity contribution < 1.29 is 9.53 Å². The second-order valence-corrected chi connectivity index (χ2v) is 6.25. The summed E-state index contributed by atoms with van der Waals surface area (Å²) in [6.07, 6.45) is 4.33. The Morgan fingerprint density at radius 1 is 1.25 bits per heavy atom. The molecule has 0 spiro atoms. The minimum atomic E-state index is -0.144. The topological polar surface area (TPSA) is 55.3 Å². The Kier molecular flexibility index (Phi) is 5.54. The molecule has 0 saturated carbocycles. The number of urea groups is 1.